The van der Waals surface area contributed by atoms with Crippen molar-refractivity contribution in [1.29, 1.82) is 0 Å². The molecule has 2 nitrogen and oxygen atoms in total. The summed E-state index contributed by atoms with van der Waals surface area (Å²) in [6.07, 6.45) is 5.21. The average Bonchev–Trinajstić information content (AvgIpc) is 2.29. The molecule has 1 aliphatic heterocycles. The van der Waals surface area contributed by atoms with Crippen molar-refractivity contribution in [2.24, 2.45) is 0 Å². The highest BCUT2D eigenvalue weighted by atomic mass is 35.5. The predicted molar refractivity (Wildman–Crippen MR) is 58.5 cm³/mol. The van der Waals surface area contributed by atoms with E-state index in [9.17, 15) is 4.79 Å². The van der Waals surface area contributed by atoms with Crippen molar-refractivity contribution in [2.75, 3.05) is 6.54 Å². The fraction of sp³-hybridized carbons (Fsp3) is 0.889. The first-order valence-corrected chi connectivity index (χ1v) is 5.50. The van der Waals surface area contributed by atoms with E-state index >= 15 is 0 Å². The maximum absolute atomic E-state index is 10.9. The molecule has 1 saturated carbocycles. The van der Waals surface area contributed by atoms with E-state index in [1.807, 2.05) is 0 Å². The van der Waals surface area contributed by atoms with Crippen molar-refractivity contribution in [3.8, 4) is 0 Å². The summed E-state index contributed by atoms with van der Waals surface area (Å²) in [5.74, 6) is 0. The van der Waals surface area contributed by atoms with E-state index in [-0.39, 0.29) is 17.5 Å². The van der Waals surface area contributed by atoms with Gasteiger partial charge in [-0.05, 0) is 25.7 Å². The summed E-state index contributed by atoms with van der Waals surface area (Å²) in [5.41, 5.74) is 0.452. The molecule has 0 aromatic rings. The van der Waals surface area contributed by atoms with Gasteiger partial charge in [0.05, 0.1) is 0 Å². The van der Waals surface area contributed by atoms with Crippen LogP contribution in [-0.4, -0.2) is 22.4 Å². The van der Waals surface area contributed by atoms with Gasteiger partial charge < -0.3 is 5.32 Å². The number of halogens is 1. The lowest BCUT2D eigenvalue weighted by Crippen LogP contribution is -2.45. The third-order valence-electron chi connectivity index (χ3n) is 2.97. The molecule has 1 N–H and O–H groups in total. The van der Waals surface area contributed by atoms with Gasteiger partial charge in [-0.2, -0.15) is 0 Å². The Hall–Kier alpha value is 0.270. The average molecular weight is 222 g/mol. The number of carbonyl (C=O) groups excluding carboxylic acids is 1. The first-order valence-electron chi connectivity index (χ1n) is 4.62. The van der Waals surface area contributed by atoms with Gasteiger partial charge in [-0.25, -0.2) is 0 Å². The summed E-state index contributed by atoms with van der Waals surface area (Å²) in [4.78, 5) is 10.9. The molecule has 2 aliphatic rings. The Morgan fingerprint density at radius 3 is 2.62 bits per heavy atom. The maximum Gasteiger partial charge on any atom is 0.186 e. The van der Waals surface area contributed by atoms with Gasteiger partial charge in [-0.15, -0.1) is 12.4 Å². The van der Waals surface area contributed by atoms with Crippen LogP contribution in [-0.2, 0) is 4.79 Å². The molecular formula is C9H16ClNOS. The third kappa shape index (κ3) is 2.39. The lowest BCUT2D eigenvalue weighted by Gasteiger charge is -2.38. The zero-order chi connectivity index (χ0) is 8.60. The zero-order valence-electron chi connectivity index (χ0n) is 7.84. The number of nitrogens with one attached hydrogen (secondary N) is 1. The van der Waals surface area contributed by atoms with Crippen molar-refractivity contribution in [1.82, 2.24) is 5.32 Å². The van der Waals surface area contributed by atoms with Crippen LogP contribution < -0.4 is 5.32 Å². The molecule has 0 aromatic carbocycles. The standard InChI is InChI=1S/C9H15NOS.ClH/c1-7(11)12-8-5-9(10-6-8)3-2-4-9;/h8,10H,2-6H2,1H3;1H. The molecule has 0 amide bonds. The van der Waals surface area contributed by atoms with Crippen LogP contribution in [0.2, 0.25) is 0 Å². The second kappa shape index (κ2) is 4.20. The minimum Gasteiger partial charge on any atom is -0.310 e. The molecule has 4 heteroatoms. The van der Waals surface area contributed by atoms with Gasteiger partial charge in [-0.3, -0.25) is 4.79 Å². The van der Waals surface area contributed by atoms with E-state index < -0.39 is 0 Å². The molecule has 1 unspecified atom stereocenters. The second-order valence-electron chi connectivity index (χ2n) is 3.95. The summed E-state index contributed by atoms with van der Waals surface area (Å²) in [5, 5.41) is 4.36. The first kappa shape index (κ1) is 11.3. The fourth-order valence-corrected chi connectivity index (χ4v) is 3.25. The normalized spacial score (nSPS) is 29.5. The Bertz CT molecular complexity index is 206. The summed E-state index contributed by atoms with van der Waals surface area (Å²) < 4.78 is 0. The van der Waals surface area contributed by atoms with Crippen LogP contribution in [0.4, 0.5) is 0 Å². The lowest BCUT2D eigenvalue weighted by atomic mass is 9.76. The molecule has 0 aromatic heterocycles. The van der Waals surface area contributed by atoms with Crippen molar-refractivity contribution in [3.05, 3.63) is 0 Å². The van der Waals surface area contributed by atoms with Crippen molar-refractivity contribution >= 4 is 29.3 Å². The summed E-state index contributed by atoms with van der Waals surface area (Å²) >= 11 is 1.51. The van der Waals surface area contributed by atoms with Crippen molar-refractivity contribution < 1.29 is 4.79 Å². The van der Waals surface area contributed by atoms with Gasteiger partial charge in [0.2, 0.25) is 0 Å². The molecule has 1 atom stereocenters. The number of hydrogen-bond acceptors (Lipinski definition) is 3. The minimum atomic E-state index is 0. The highest BCUT2D eigenvalue weighted by molar-refractivity contribution is 8.14. The predicted octanol–water partition coefficient (Wildman–Crippen LogP) is 1.97. The third-order valence-corrected chi connectivity index (χ3v) is 3.97. The fourth-order valence-electron chi connectivity index (χ4n) is 2.21. The first-order chi connectivity index (χ1) is 5.70. The molecule has 2 rings (SSSR count). The van der Waals surface area contributed by atoms with Crippen LogP contribution in [0.25, 0.3) is 0 Å². The quantitative estimate of drug-likeness (QED) is 0.734. The summed E-state index contributed by atoms with van der Waals surface area (Å²) in [7, 11) is 0. The molecular weight excluding hydrogens is 206 g/mol. The molecule has 1 saturated heterocycles. The smallest absolute Gasteiger partial charge is 0.186 e. The molecule has 13 heavy (non-hydrogen) atoms. The number of carbonyl (C=O) groups is 1. The highest BCUT2D eigenvalue weighted by Crippen LogP contribution is 2.41. The number of thioether (sulfide) groups is 1. The van der Waals surface area contributed by atoms with Gasteiger partial charge >= 0.3 is 0 Å². The Morgan fingerprint density at radius 2 is 2.23 bits per heavy atom. The molecule has 76 valence electrons. The van der Waals surface area contributed by atoms with Crippen LogP contribution in [0.1, 0.15) is 32.6 Å². The van der Waals surface area contributed by atoms with Crippen LogP contribution in [0.3, 0.4) is 0 Å². The Kier molecular flexibility index (Phi) is 3.66. The lowest BCUT2D eigenvalue weighted by molar-refractivity contribution is -0.109. The Morgan fingerprint density at radius 1 is 1.54 bits per heavy atom. The molecule has 1 heterocycles. The Balaban J connectivity index is 0.000000845. The van der Waals surface area contributed by atoms with E-state index in [0.717, 1.165) is 6.54 Å². The summed E-state index contributed by atoms with van der Waals surface area (Å²) in [6, 6.07) is 0. The topological polar surface area (TPSA) is 29.1 Å². The maximum atomic E-state index is 10.9. The minimum absolute atomic E-state index is 0. The largest absolute Gasteiger partial charge is 0.310 e. The number of rotatable bonds is 1. The second-order valence-corrected chi connectivity index (χ2v) is 5.43. The van der Waals surface area contributed by atoms with Gasteiger partial charge in [0, 0.05) is 24.3 Å². The van der Waals surface area contributed by atoms with Crippen LogP contribution in [0.5, 0.6) is 0 Å². The highest BCUT2D eigenvalue weighted by Gasteiger charge is 2.43. The van der Waals surface area contributed by atoms with E-state index in [0.29, 0.717) is 10.8 Å². The van der Waals surface area contributed by atoms with Gasteiger partial charge in [0.1, 0.15) is 0 Å². The van der Waals surface area contributed by atoms with E-state index in [4.69, 9.17) is 0 Å². The van der Waals surface area contributed by atoms with Gasteiger partial charge in [0.25, 0.3) is 0 Å². The van der Waals surface area contributed by atoms with E-state index in [1.165, 1.54) is 37.4 Å². The SMILES string of the molecule is CC(=O)SC1CNC2(CCC2)C1.Cl. The summed E-state index contributed by atoms with van der Waals surface area (Å²) in [6.45, 7) is 2.70. The number of hydrogen-bond donors (Lipinski definition) is 1. The molecule has 0 radical (unpaired) electrons. The van der Waals surface area contributed by atoms with Crippen LogP contribution >= 0.6 is 24.2 Å². The molecule has 1 spiro atoms. The Labute approximate surface area is 89.6 Å². The zero-order valence-corrected chi connectivity index (χ0v) is 9.47. The molecule has 0 bridgehead atoms. The van der Waals surface area contributed by atoms with E-state index in [1.54, 1.807) is 6.92 Å². The van der Waals surface area contributed by atoms with Crippen LogP contribution in [0, 0.1) is 0 Å². The van der Waals surface area contributed by atoms with Crippen molar-refractivity contribution in [3.63, 3.8) is 0 Å². The van der Waals surface area contributed by atoms with Gasteiger partial charge in [-0.1, -0.05) is 11.8 Å². The van der Waals surface area contributed by atoms with Crippen LogP contribution in [0.15, 0.2) is 0 Å². The molecule has 2 fully saturated rings. The monoisotopic (exact) mass is 221 g/mol. The van der Waals surface area contributed by atoms with Crippen molar-refractivity contribution in [2.45, 2.75) is 43.4 Å². The van der Waals surface area contributed by atoms with E-state index in [2.05, 4.69) is 5.32 Å². The van der Waals surface area contributed by atoms with Gasteiger partial charge in [0.15, 0.2) is 5.12 Å². The molecule has 1 aliphatic carbocycles.